The van der Waals surface area contributed by atoms with Crippen molar-refractivity contribution >= 4 is 84.3 Å². The maximum atomic E-state index is 12.3. The lowest BCUT2D eigenvalue weighted by Crippen LogP contribution is -2.56. The highest BCUT2D eigenvalue weighted by molar-refractivity contribution is 9.10. The van der Waals surface area contributed by atoms with Gasteiger partial charge >= 0.3 is 6.09 Å². The van der Waals surface area contributed by atoms with Crippen LogP contribution < -0.4 is 19.7 Å². The number of hydrogen-bond donors (Lipinski definition) is 1. The summed E-state index contributed by atoms with van der Waals surface area (Å²) in [5.74, 6) is 1.19. The number of ether oxygens (including phenoxy) is 3. The van der Waals surface area contributed by atoms with Crippen LogP contribution in [0.4, 0.5) is 16.2 Å². The molecule has 204 valence electrons. The number of halogens is 4. The highest BCUT2D eigenvalue weighted by Crippen LogP contribution is 2.40. The van der Waals surface area contributed by atoms with Crippen LogP contribution in [0.1, 0.15) is 20.8 Å². The van der Waals surface area contributed by atoms with Crippen LogP contribution in [0.5, 0.6) is 11.5 Å². The van der Waals surface area contributed by atoms with E-state index in [0.717, 1.165) is 8.95 Å². The molecule has 0 aromatic heterocycles. The fourth-order valence-electron chi connectivity index (χ4n) is 3.89. The fourth-order valence-corrected chi connectivity index (χ4v) is 4.86. The van der Waals surface area contributed by atoms with Gasteiger partial charge in [-0.1, -0.05) is 23.2 Å². The Morgan fingerprint density at radius 2 is 1.63 bits per heavy atom. The van der Waals surface area contributed by atoms with Crippen molar-refractivity contribution in [2.45, 2.75) is 26.4 Å². The predicted molar refractivity (Wildman–Crippen MR) is 152 cm³/mol. The van der Waals surface area contributed by atoms with Crippen LogP contribution in [-0.4, -0.2) is 61.3 Å². The van der Waals surface area contributed by atoms with E-state index in [1.165, 1.54) is 0 Å². The van der Waals surface area contributed by atoms with E-state index >= 15 is 0 Å². The van der Waals surface area contributed by atoms with Crippen LogP contribution >= 0.6 is 55.1 Å². The maximum Gasteiger partial charge on any atom is 0.410 e. The molecule has 3 amide bonds. The third-order valence-electron chi connectivity index (χ3n) is 5.65. The Morgan fingerprint density at radius 3 is 2.29 bits per heavy atom. The number of benzene rings is 2. The first-order valence-electron chi connectivity index (χ1n) is 11.6. The molecule has 0 saturated carbocycles. The van der Waals surface area contributed by atoms with Gasteiger partial charge in [-0.2, -0.15) is 0 Å². The lowest BCUT2D eigenvalue weighted by atomic mass is 9.99. The number of rotatable bonds is 2. The van der Waals surface area contributed by atoms with Crippen molar-refractivity contribution in [3.8, 4) is 11.5 Å². The van der Waals surface area contributed by atoms with Gasteiger partial charge in [0.25, 0.3) is 11.8 Å². The first-order chi connectivity index (χ1) is 17.8. The van der Waals surface area contributed by atoms with Crippen molar-refractivity contribution in [3.63, 3.8) is 0 Å². The van der Waals surface area contributed by atoms with Crippen molar-refractivity contribution in [1.82, 2.24) is 4.90 Å². The SMILES string of the molecule is CC(C)(C)OC(=O)N1CC(CN2C(=O)COc3cc(Br)c(Cl)cc32)C1.O=C1COc2cc(Br)c(Cl)cc2N1. The van der Waals surface area contributed by atoms with E-state index in [1.807, 2.05) is 20.8 Å². The van der Waals surface area contributed by atoms with Crippen molar-refractivity contribution in [1.29, 1.82) is 0 Å². The lowest BCUT2D eigenvalue weighted by Gasteiger charge is -2.42. The Hall–Kier alpha value is -2.21. The summed E-state index contributed by atoms with van der Waals surface area (Å²) >= 11 is 18.6. The number of fused-ring (bicyclic) bond motifs is 2. The van der Waals surface area contributed by atoms with E-state index in [1.54, 1.807) is 34.1 Å². The second-order valence-corrected chi connectivity index (χ2v) is 12.4. The summed E-state index contributed by atoms with van der Waals surface area (Å²) in [6, 6.07) is 6.88. The molecule has 3 aliphatic heterocycles. The maximum absolute atomic E-state index is 12.3. The molecule has 0 radical (unpaired) electrons. The van der Waals surface area contributed by atoms with Crippen molar-refractivity contribution in [2.24, 2.45) is 5.92 Å². The van der Waals surface area contributed by atoms with Crippen LogP contribution in [0, 0.1) is 5.92 Å². The molecular weight excluding hydrogens is 669 g/mol. The van der Waals surface area contributed by atoms with Gasteiger partial charge in [0, 0.05) is 34.5 Å². The normalized spacial score (nSPS) is 16.6. The molecule has 2 aromatic rings. The zero-order valence-electron chi connectivity index (χ0n) is 20.8. The van der Waals surface area contributed by atoms with Gasteiger partial charge in [-0.05, 0) is 76.9 Å². The molecule has 38 heavy (non-hydrogen) atoms. The molecule has 9 nitrogen and oxygen atoms in total. The van der Waals surface area contributed by atoms with E-state index in [4.69, 9.17) is 37.4 Å². The minimum Gasteiger partial charge on any atom is -0.482 e. The number of nitrogens with zero attached hydrogens (tertiary/aromatic N) is 2. The molecule has 0 bridgehead atoms. The summed E-state index contributed by atoms with van der Waals surface area (Å²) in [5, 5.41) is 3.72. The molecule has 5 rings (SSSR count). The number of carbonyl (C=O) groups is 3. The average molecular weight is 694 g/mol. The monoisotopic (exact) mass is 691 g/mol. The molecule has 0 aliphatic carbocycles. The Morgan fingerprint density at radius 1 is 1.03 bits per heavy atom. The number of amides is 3. The molecule has 1 N–H and O–H groups in total. The van der Waals surface area contributed by atoms with Gasteiger partial charge in [-0.3, -0.25) is 9.59 Å². The molecule has 3 aliphatic rings. The topological polar surface area (TPSA) is 97.4 Å². The third-order valence-corrected chi connectivity index (χ3v) is 8.04. The van der Waals surface area contributed by atoms with Gasteiger partial charge in [-0.25, -0.2) is 4.79 Å². The molecule has 13 heteroatoms. The number of hydrogen-bond acceptors (Lipinski definition) is 6. The molecular formula is C25H25Br2Cl2N3O6. The fraction of sp³-hybridized carbons (Fsp3) is 0.400. The average Bonchev–Trinajstić information content (AvgIpc) is 2.78. The van der Waals surface area contributed by atoms with Crippen LogP contribution in [0.3, 0.4) is 0 Å². The van der Waals surface area contributed by atoms with Crippen LogP contribution in [0.2, 0.25) is 10.0 Å². The molecule has 1 saturated heterocycles. The lowest BCUT2D eigenvalue weighted by molar-refractivity contribution is -0.121. The Balaban J connectivity index is 0.000000216. The third kappa shape index (κ3) is 6.86. The number of nitrogens with one attached hydrogen (secondary N) is 1. The van der Waals surface area contributed by atoms with E-state index in [9.17, 15) is 14.4 Å². The zero-order chi connectivity index (χ0) is 27.8. The summed E-state index contributed by atoms with van der Waals surface area (Å²) < 4.78 is 17.5. The minimum atomic E-state index is -0.509. The van der Waals surface area contributed by atoms with E-state index in [-0.39, 0.29) is 37.0 Å². The van der Waals surface area contributed by atoms with Gasteiger partial charge < -0.3 is 29.3 Å². The van der Waals surface area contributed by atoms with Crippen LogP contribution in [0.25, 0.3) is 0 Å². The van der Waals surface area contributed by atoms with Crippen molar-refractivity contribution in [2.75, 3.05) is 43.1 Å². The molecule has 0 spiro atoms. The molecule has 1 fully saturated rings. The van der Waals surface area contributed by atoms with Crippen LogP contribution in [0.15, 0.2) is 33.2 Å². The van der Waals surface area contributed by atoms with Gasteiger partial charge in [0.15, 0.2) is 13.2 Å². The number of likely N-dealkylation sites (tertiary alicyclic amines) is 1. The van der Waals surface area contributed by atoms with Crippen LogP contribution in [-0.2, 0) is 14.3 Å². The summed E-state index contributed by atoms with van der Waals surface area (Å²) in [6.07, 6.45) is -0.315. The predicted octanol–water partition coefficient (Wildman–Crippen LogP) is 6.13. The van der Waals surface area contributed by atoms with Crippen molar-refractivity contribution < 1.29 is 28.6 Å². The largest absolute Gasteiger partial charge is 0.482 e. The Labute approximate surface area is 246 Å². The van der Waals surface area contributed by atoms with E-state index in [2.05, 4.69) is 37.2 Å². The Kier molecular flexibility index (Phi) is 8.71. The minimum absolute atomic E-state index is 0.00354. The highest BCUT2D eigenvalue weighted by Gasteiger charge is 2.37. The summed E-state index contributed by atoms with van der Waals surface area (Å²) in [5.41, 5.74) is 0.774. The standard InChI is InChI=1S/C17H20BrClN2O4.C8H5BrClNO2/c1-17(2,3)25-16(23)20-6-10(7-20)8-21-13-5-12(19)11(18)4-14(13)24-9-15(21)22;9-4-1-7-6(2-5(4)10)11-8(12)3-13-7/h4-5,10H,6-9H2,1-3H3;1-2H,3H2,(H,11,12). The number of carbonyl (C=O) groups excluding carboxylic acids is 3. The molecule has 2 aromatic carbocycles. The Bertz CT molecular complexity index is 1280. The quantitative estimate of drug-likeness (QED) is 0.407. The van der Waals surface area contributed by atoms with Gasteiger partial charge in [0.05, 0.1) is 21.4 Å². The summed E-state index contributed by atoms with van der Waals surface area (Å²) in [7, 11) is 0. The zero-order valence-corrected chi connectivity index (χ0v) is 25.5. The first-order valence-corrected chi connectivity index (χ1v) is 14.0. The summed E-state index contributed by atoms with van der Waals surface area (Å²) in [4.78, 5) is 38.5. The van der Waals surface area contributed by atoms with E-state index in [0.29, 0.717) is 52.6 Å². The van der Waals surface area contributed by atoms with Gasteiger partial charge in [-0.15, -0.1) is 0 Å². The molecule has 0 unspecified atom stereocenters. The molecule has 0 atom stereocenters. The highest BCUT2D eigenvalue weighted by atomic mass is 79.9. The van der Waals surface area contributed by atoms with Crippen molar-refractivity contribution in [3.05, 3.63) is 43.3 Å². The number of anilines is 2. The second kappa shape index (κ2) is 11.5. The first kappa shape index (κ1) is 28.8. The van der Waals surface area contributed by atoms with Gasteiger partial charge in [0.2, 0.25) is 0 Å². The molecule has 3 heterocycles. The van der Waals surface area contributed by atoms with E-state index < -0.39 is 5.60 Å². The second-order valence-electron chi connectivity index (χ2n) is 9.88. The summed E-state index contributed by atoms with van der Waals surface area (Å²) in [6.45, 7) is 7.24. The van der Waals surface area contributed by atoms with Gasteiger partial charge in [0.1, 0.15) is 17.1 Å². The smallest absolute Gasteiger partial charge is 0.410 e.